The Morgan fingerprint density at radius 3 is 0.903 bits per heavy atom. The number of rotatable bonds is 12. The summed E-state index contributed by atoms with van der Waals surface area (Å²) in [5.74, 6) is 0.444. The van der Waals surface area contributed by atoms with Crippen LogP contribution in [0.25, 0.3) is 23.3 Å². The molecule has 9 aromatic rings. The fourth-order valence-electron chi connectivity index (χ4n) is 7.82. The minimum absolute atomic E-state index is 0.222. The standard InChI is InChI=1S/C58H44N2O2/c61-55-25-13-23-53(41-55)59(49-19-9-3-10-20-49)51-35-27-43(28-36-51)39-57(45-15-5-1-6-16-45)47-31-33-48(34-32-47)58(46-17-7-2-8-18-46)40-44-29-37-52(38-30-44)60(50-21-11-4-12-22-50)54-24-14-26-56(62)42-54/h1-42,61-62H/b57-39+,58-40+. The molecule has 0 heterocycles. The second-order valence-electron chi connectivity index (χ2n) is 15.0. The molecule has 0 spiro atoms. The molecule has 62 heavy (non-hydrogen) atoms. The van der Waals surface area contributed by atoms with Crippen molar-refractivity contribution in [2.24, 2.45) is 0 Å². The second-order valence-corrected chi connectivity index (χ2v) is 15.0. The van der Waals surface area contributed by atoms with Gasteiger partial charge in [-0.3, -0.25) is 0 Å². The van der Waals surface area contributed by atoms with Gasteiger partial charge in [-0.15, -0.1) is 0 Å². The summed E-state index contributed by atoms with van der Waals surface area (Å²) in [5, 5.41) is 20.7. The average molecular weight is 801 g/mol. The number of hydrogen-bond donors (Lipinski definition) is 2. The summed E-state index contributed by atoms with van der Waals surface area (Å²) in [6.45, 7) is 0. The Labute approximate surface area is 363 Å². The van der Waals surface area contributed by atoms with Crippen molar-refractivity contribution >= 4 is 57.4 Å². The van der Waals surface area contributed by atoms with Gasteiger partial charge in [0.25, 0.3) is 0 Å². The van der Waals surface area contributed by atoms with E-state index in [0.717, 1.165) is 78.7 Å². The number of aromatic hydroxyl groups is 2. The van der Waals surface area contributed by atoms with Crippen LogP contribution in [0, 0.1) is 0 Å². The van der Waals surface area contributed by atoms with Crippen LogP contribution < -0.4 is 9.80 Å². The number of anilines is 6. The molecule has 0 amide bonds. The third-order valence-electron chi connectivity index (χ3n) is 10.8. The van der Waals surface area contributed by atoms with Gasteiger partial charge in [0.15, 0.2) is 0 Å². The number of phenolic OH excluding ortho intramolecular Hbond substituents is 2. The van der Waals surface area contributed by atoms with Crippen molar-refractivity contribution in [3.63, 3.8) is 0 Å². The molecular weight excluding hydrogens is 757 g/mol. The summed E-state index contributed by atoms with van der Waals surface area (Å²) in [6, 6.07) is 82.1. The number of hydrogen-bond acceptors (Lipinski definition) is 4. The third-order valence-corrected chi connectivity index (χ3v) is 10.8. The Morgan fingerprint density at radius 2 is 0.565 bits per heavy atom. The predicted molar refractivity (Wildman–Crippen MR) is 259 cm³/mol. The van der Waals surface area contributed by atoms with E-state index >= 15 is 0 Å². The van der Waals surface area contributed by atoms with E-state index in [0.29, 0.717) is 0 Å². The Hall–Kier alpha value is -8.34. The largest absolute Gasteiger partial charge is 0.508 e. The van der Waals surface area contributed by atoms with Gasteiger partial charge in [0.05, 0.1) is 0 Å². The van der Waals surface area contributed by atoms with Crippen molar-refractivity contribution in [3.05, 3.63) is 276 Å². The van der Waals surface area contributed by atoms with Gasteiger partial charge in [0, 0.05) is 46.3 Å². The van der Waals surface area contributed by atoms with E-state index < -0.39 is 0 Å². The van der Waals surface area contributed by atoms with Gasteiger partial charge in [-0.1, -0.05) is 158 Å². The average Bonchev–Trinajstić information content (AvgIpc) is 3.33. The molecule has 0 aliphatic carbocycles. The Balaban J connectivity index is 1.05. The quantitative estimate of drug-likeness (QED) is 0.121. The van der Waals surface area contributed by atoms with Crippen LogP contribution in [0.3, 0.4) is 0 Å². The Bertz CT molecular complexity index is 2720. The highest BCUT2D eigenvalue weighted by atomic mass is 16.3. The van der Waals surface area contributed by atoms with Crippen LogP contribution in [0.4, 0.5) is 34.1 Å². The minimum Gasteiger partial charge on any atom is -0.508 e. The normalized spacial score (nSPS) is 11.5. The van der Waals surface area contributed by atoms with Gasteiger partial charge in [-0.25, -0.2) is 0 Å². The molecule has 0 aromatic heterocycles. The molecule has 0 unspecified atom stereocenters. The van der Waals surface area contributed by atoms with Crippen LogP contribution in [-0.2, 0) is 0 Å². The molecule has 9 aromatic carbocycles. The van der Waals surface area contributed by atoms with Gasteiger partial charge in [-0.2, -0.15) is 0 Å². The lowest BCUT2D eigenvalue weighted by Crippen LogP contribution is -2.09. The highest BCUT2D eigenvalue weighted by molar-refractivity contribution is 5.95. The van der Waals surface area contributed by atoms with Crippen molar-refractivity contribution in [2.45, 2.75) is 0 Å². The van der Waals surface area contributed by atoms with Crippen LogP contribution in [-0.4, -0.2) is 10.2 Å². The number of para-hydroxylation sites is 2. The zero-order chi connectivity index (χ0) is 42.1. The molecule has 298 valence electrons. The lowest BCUT2D eigenvalue weighted by molar-refractivity contribution is 0.475. The molecule has 0 bridgehead atoms. The first kappa shape index (κ1) is 39.1. The van der Waals surface area contributed by atoms with Gasteiger partial charge < -0.3 is 20.0 Å². The second kappa shape index (κ2) is 18.3. The van der Waals surface area contributed by atoms with E-state index in [2.05, 4.69) is 168 Å². The number of benzene rings is 9. The maximum Gasteiger partial charge on any atom is 0.117 e. The van der Waals surface area contributed by atoms with Crippen LogP contribution >= 0.6 is 0 Å². The Morgan fingerprint density at radius 1 is 0.274 bits per heavy atom. The fraction of sp³-hybridized carbons (Fsp3) is 0. The maximum absolute atomic E-state index is 10.3. The van der Waals surface area contributed by atoms with E-state index in [1.54, 1.807) is 24.3 Å². The van der Waals surface area contributed by atoms with Crippen molar-refractivity contribution < 1.29 is 10.2 Å². The van der Waals surface area contributed by atoms with Gasteiger partial charge in [0.2, 0.25) is 0 Å². The molecule has 0 fully saturated rings. The first-order valence-electron chi connectivity index (χ1n) is 20.7. The molecular formula is C58H44N2O2. The van der Waals surface area contributed by atoms with Crippen molar-refractivity contribution in [3.8, 4) is 11.5 Å². The third kappa shape index (κ3) is 8.96. The molecule has 0 saturated carbocycles. The van der Waals surface area contributed by atoms with E-state index in [1.165, 1.54) is 0 Å². The molecule has 0 radical (unpaired) electrons. The Kier molecular flexibility index (Phi) is 11.5. The van der Waals surface area contributed by atoms with Crippen LogP contribution in [0.15, 0.2) is 243 Å². The summed E-state index contributed by atoms with van der Waals surface area (Å²) in [5.41, 5.74) is 14.6. The van der Waals surface area contributed by atoms with E-state index in [9.17, 15) is 10.2 Å². The highest BCUT2D eigenvalue weighted by Gasteiger charge is 2.15. The summed E-state index contributed by atoms with van der Waals surface area (Å²) in [4.78, 5) is 4.29. The lowest BCUT2D eigenvalue weighted by Gasteiger charge is -2.25. The van der Waals surface area contributed by atoms with E-state index in [-0.39, 0.29) is 11.5 Å². The van der Waals surface area contributed by atoms with Crippen molar-refractivity contribution in [1.29, 1.82) is 0 Å². The monoisotopic (exact) mass is 800 g/mol. The zero-order valence-electron chi connectivity index (χ0n) is 34.0. The molecule has 4 heteroatoms. The minimum atomic E-state index is 0.222. The van der Waals surface area contributed by atoms with Crippen LogP contribution in [0.1, 0.15) is 33.4 Å². The summed E-state index contributed by atoms with van der Waals surface area (Å²) >= 11 is 0. The molecule has 0 atom stereocenters. The zero-order valence-corrected chi connectivity index (χ0v) is 34.0. The van der Waals surface area contributed by atoms with Crippen LogP contribution in [0.5, 0.6) is 11.5 Å². The smallest absolute Gasteiger partial charge is 0.117 e. The van der Waals surface area contributed by atoms with Gasteiger partial charge in [-0.05, 0) is 129 Å². The molecule has 9 rings (SSSR count). The first-order chi connectivity index (χ1) is 30.6. The topological polar surface area (TPSA) is 46.9 Å². The molecule has 4 nitrogen and oxygen atoms in total. The van der Waals surface area contributed by atoms with E-state index in [1.807, 2.05) is 72.8 Å². The van der Waals surface area contributed by atoms with Crippen LogP contribution in [0.2, 0.25) is 0 Å². The summed E-state index contributed by atoms with van der Waals surface area (Å²) < 4.78 is 0. The molecule has 0 aliphatic heterocycles. The van der Waals surface area contributed by atoms with Crippen molar-refractivity contribution in [1.82, 2.24) is 0 Å². The predicted octanol–water partition coefficient (Wildman–Crippen LogP) is 15.2. The maximum atomic E-state index is 10.3. The molecule has 2 N–H and O–H groups in total. The lowest BCUT2D eigenvalue weighted by atomic mass is 9.91. The summed E-state index contributed by atoms with van der Waals surface area (Å²) in [7, 11) is 0. The fourth-order valence-corrected chi connectivity index (χ4v) is 7.82. The summed E-state index contributed by atoms with van der Waals surface area (Å²) in [6.07, 6.45) is 4.50. The van der Waals surface area contributed by atoms with Gasteiger partial charge >= 0.3 is 0 Å². The highest BCUT2D eigenvalue weighted by Crippen LogP contribution is 2.38. The SMILES string of the molecule is Oc1cccc(N(c2ccccc2)c2ccc(/C=C(\c3ccccc3)c3ccc(/C(=C/c4ccc(N(c5ccccc5)c5cccc(O)c5)cc4)c4ccccc4)cc3)cc2)c1. The first-order valence-corrected chi connectivity index (χ1v) is 20.7. The number of phenols is 2. The molecule has 0 saturated heterocycles. The van der Waals surface area contributed by atoms with Crippen molar-refractivity contribution in [2.75, 3.05) is 9.80 Å². The molecule has 0 aliphatic rings. The van der Waals surface area contributed by atoms with E-state index in [4.69, 9.17) is 0 Å². The van der Waals surface area contributed by atoms with Gasteiger partial charge in [0.1, 0.15) is 11.5 Å². The number of nitrogens with zero attached hydrogens (tertiary/aromatic N) is 2.